The van der Waals surface area contributed by atoms with Gasteiger partial charge in [0.1, 0.15) is 0 Å². The van der Waals surface area contributed by atoms with E-state index >= 15 is 0 Å². The third-order valence-corrected chi connectivity index (χ3v) is 3.00. The molecule has 19 heavy (non-hydrogen) atoms. The van der Waals surface area contributed by atoms with Crippen LogP contribution in [0.3, 0.4) is 0 Å². The Balaban J connectivity index is 2.38. The highest BCUT2D eigenvalue weighted by Gasteiger charge is 2.09. The van der Waals surface area contributed by atoms with Crippen LogP contribution < -0.4 is 14.8 Å². The van der Waals surface area contributed by atoms with Crippen molar-refractivity contribution in [3.8, 4) is 17.2 Å². The van der Waals surface area contributed by atoms with E-state index in [1.807, 2.05) is 43.0 Å². The molecular weight excluding hydrogens is 242 g/mol. The van der Waals surface area contributed by atoms with E-state index in [4.69, 9.17) is 9.47 Å². The van der Waals surface area contributed by atoms with Gasteiger partial charge in [0.15, 0.2) is 11.5 Å². The van der Waals surface area contributed by atoms with Gasteiger partial charge in [-0.2, -0.15) is 5.10 Å². The zero-order valence-electron chi connectivity index (χ0n) is 11.7. The molecule has 2 aromatic rings. The molecule has 0 saturated heterocycles. The summed E-state index contributed by atoms with van der Waals surface area (Å²) in [7, 11) is 5.18. The van der Waals surface area contributed by atoms with Crippen molar-refractivity contribution in [1.82, 2.24) is 15.1 Å². The highest BCUT2D eigenvalue weighted by molar-refractivity contribution is 5.48. The molecule has 0 unspecified atom stereocenters. The van der Waals surface area contributed by atoms with E-state index in [1.54, 1.807) is 14.2 Å². The largest absolute Gasteiger partial charge is 0.493 e. The molecule has 0 bridgehead atoms. The first-order valence-electron chi connectivity index (χ1n) is 6.11. The van der Waals surface area contributed by atoms with Gasteiger partial charge in [0.25, 0.3) is 0 Å². The minimum Gasteiger partial charge on any atom is -0.493 e. The normalized spacial score (nSPS) is 10.5. The Morgan fingerprint density at radius 3 is 2.58 bits per heavy atom. The zero-order chi connectivity index (χ0) is 13.8. The predicted molar refractivity (Wildman–Crippen MR) is 74.2 cm³/mol. The average Bonchev–Trinajstić information content (AvgIpc) is 2.80. The van der Waals surface area contributed by atoms with Gasteiger partial charge in [0, 0.05) is 24.4 Å². The molecule has 5 heteroatoms. The minimum atomic E-state index is 0.698. The lowest BCUT2D eigenvalue weighted by Crippen LogP contribution is -2.05. The van der Waals surface area contributed by atoms with Crippen molar-refractivity contribution in [2.75, 3.05) is 21.3 Å². The Morgan fingerprint density at radius 1 is 1.21 bits per heavy atom. The van der Waals surface area contributed by atoms with Crippen LogP contribution in [-0.4, -0.2) is 31.0 Å². The van der Waals surface area contributed by atoms with Crippen LogP contribution in [-0.2, 0) is 6.54 Å². The number of aryl methyl sites for hydroxylation is 1. The van der Waals surface area contributed by atoms with Crippen LogP contribution in [0.4, 0.5) is 0 Å². The summed E-state index contributed by atoms with van der Waals surface area (Å²) in [5.74, 6) is 1.41. The van der Waals surface area contributed by atoms with Gasteiger partial charge in [0.2, 0.25) is 0 Å². The molecule has 1 N–H and O–H groups in total. The Morgan fingerprint density at radius 2 is 1.95 bits per heavy atom. The third kappa shape index (κ3) is 2.71. The lowest BCUT2D eigenvalue weighted by atomic mass is 10.2. The molecule has 0 spiro atoms. The molecule has 1 heterocycles. The van der Waals surface area contributed by atoms with Gasteiger partial charge in [-0.05, 0) is 26.1 Å². The first-order chi connectivity index (χ1) is 9.19. The topological polar surface area (TPSA) is 48.3 Å². The maximum atomic E-state index is 5.30. The average molecular weight is 261 g/mol. The van der Waals surface area contributed by atoms with Crippen LogP contribution in [0.15, 0.2) is 24.4 Å². The monoisotopic (exact) mass is 261 g/mol. The number of nitrogens with zero attached hydrogens (tertiary/aromatic N) is 2. The maximum absolute atomic E-state index is 5.30. The van der Waals surface area contributed by atoms with E-state index in [0.717, 1.165) is 17.9 Å². The van der Waals surface area contributed by atoms with E-state index in [-0.39, 0.29) is 0 Å². The van der Waals surface area contributed by atoms with E-state index in [2.05, 4.69) is 10.4 Å². The fourth-order valence-corrected chi connectivity index (χ4v) is 1.96. The number of benzene rings is 1. The van der Waals surface area contributed by atoms with Crippen LogP contribution in [0.25, 0.3) is 5.69 Å². The van der Waals surface area contributed by atoms with Gasteiger partial charge < -0.3 is 14.8 Å². The third-order valence-electron chi connectivity index (χ3n) is 3.00. The van der Waals surface area contributed by atoms with Crippen molar-refractivity contribution in [3.05, 3.63) is 35.7 Å². The fourth-order valence-electron chi connectivity index (χ4n) is 1.96. The SMILES string of the molecule is CNCc1cn(-c2ccc(OC)c(OC)c2)nc1C. The van der Waals surface area contributed by atoms with E-state index in [1.165, 1.54) is 5.56 Å². The van der Waals surface area contributed by atoms with Crippen molar-refractivity contribution in [3.63, 3.8) is 0 Å². The summed E-state index contributed by atoms with van der Waals surface area (Å²) in [5.41, 5.74) is 3.14. The molecule has 1 aromatic heterocycles. The van der Waals surface area contributed by atoms with E-state index in [9.17, 15) is 0 Å². The minimum absolute atomic E-state index is 0.698. The Labute approximate surface area is 113 Å². The van der Waals surface area contributed by atoms with Gasteiger partial charge in [-0.1, -0.05) is 0 Å². The predicted octanol–water partition coefficient (Wildman–Crippen LogP) is 1.92. The van der Waals surface area contributed by atoms with Crippen LogP contribution in [0.5, 0.6) is 11.5 Å². The van der Waals surface area contributed by atoms with E-state index in [0.29, 0.717) is 11.5 Å². The van der Waals surface area contributed by atoms with Gasteiger partial charge in [-0.15, -0.1) is 0 Å². The summed E-state index contributed by atoms with van der Waals surface area (Å²) in [6, 6.07) is 5.74. The molecular formula is C14H19N3O2. The molecule has 0 saturated carbocycles. The molecule has 0 atom stereocenters. The molecule has 5 nitrogen and oxygen atoms in total. The number of hydrogen-bond donors (Lipinski definition) is 1. The first-order valence-corrected chi connectivity index (χ1v) is 6.11. The molecule has 0 fully saturated rings. The molecule has 1 aromatic carbocycles. The summed E-state index contributed by atoms with van der Waals surface area (Å²) in [4.78, 5) is 0. The number of rotatable bonds is 5. The summed E-state index contributed by atoms with van der Waals surface area (Å²) < 4.78 is 12.4. The second-order valence-corrected chi connectivity index (χ2v) is 4.25. The van der Waals surface area contributed by atoms with Crippen molar-refractivity contribution < 1.29 is 9.47 Å². The smallest absolute Gasteiger partial charge is 0.162 e. The standard InChI is InChI=1S/C14H19N3O2/c1-10-11(8-15-2)9-17(16-10)12-5-6-13(18-3)14(7-12)19-4/h5-7,9,15H,8H2,1-4H3. The Kier molecular flexibility index (Phi) is 4.06. The first kappa shape index (κ1) is 13.4. The summed E-state index contributed by atoms with van der Waals surface area (Å²) >= 11 is 0. The highest BCUT2D eigenvalue weighted by Crippen LogP contribution is 2.29. The van der Waals surface area contributed by atoms with Crippen molar-refractivity contribution in [2.24, 2.45) is 0 Å². The van der Waals surface area contributed by atoms with Crippen molar-refractivity contribution >= 4 is 0 Å². The van der Waals surface area contributed by atoms with Gasteiger partial charge in [-0.3, -0.25) is 0 Å². The van der Waals surface area contributed by atoms with Crippen LogP contribution in [0.1, 0.15) is 11.3 Å². The number of aromatic nitrogens is 2. The quantitative estimate of drug-likeness (QED) is 0.893. The maximum Gasteiger partial charge on any atom is 0.162 e. The lowest BCUT2D eigenvalue weighted by molar-refractivity contribution is 0.354. The highest BCUT2D eigenvalue weighted by atomic mass is 16.5. The summed E-state index contributed by atoms with van der Waals surface area (Å²) in [6.07, 6.45) is 2.02. The van der Waals surface area contributed by atoms with Crippen molar-refractivity contribution in [1.29, 1.82) is 0 Å². The van der Waals surface area contributed by atoms with Gasteiger partial charge in [-0.25, -0.2) is 4.68 Å². The number of nitrogens with one attached hydrogen (secondary N) is 1. The second kappa shape index (κ2) is 5.75. The van der Waals surface area contributed by atoms with Gasteiger partial charge >= 0.3 is 0 Å². The van der Waals surface area contributed by atoms with Crippen LogP contribution >= 0.6 is 0 Å². The molecule has 0 radical (unpaired) electrons. The molecule has 0 aliphatic heterocycles. The number of ether oxygens (including phenoxy) is 2. The van der Waals surface area contributed by atoms with Crippen LogP contribution in [0.2, 0.25) is 0 Å². The Hall–Kier alpha value is -2.01. The number of methoxy groups -OCH3 is 2. The van der Waals surface area contributed by atoms with Gasteiger partial charge in [0.05, 0.1) is 25.6 Å². The molecule has 2 rings (SSSR count). The summed E-state index contributed by atoms with van der Waals surface area (Å²) in [5, 5.41) is 7.64. The summed E-state index contributed by atoms with van der Waals surface area (Å²) in [6.45, 7) is 2.81. The lowest BCUT2D eigenvalue weighted by Gasteiger charge is -2.09. The second-order valence-electron chi connectivity index (χ2n) is 4.25. The fraction of sp³-hybridized carbons (Fsp3) is 0.357. The zero-order valence-corrected chi connectivity index (χ0v) is 11.7. The van der Waals surface area contributed by atoms with E-state index < -0.39 is 0 Å². The van der Waals surface area contributed by atoms with Crippen LogP contribution in [0, 0.1) is 6.92 Å². The molecule has 0 aliphatic carbocycles. The molecule has 102 valence electrons. The molecule has 0 aliphatic rings. The molecule has 0 amide bonds. The Bertz CT molecular complexity index is 564. The van der Waals surface area contributed by atoms with Crippen molar-refractivity contribution in [2.45, 2.75) is 13.5 Å². The number of hydrogen-bond acceptors (Lipinski definition) is 4.